The number of aromatic nitrogens is 1. The summed E-state index contributed by atoms with van der Waals surface area (Å²) in [5, 5.41) is 3.14. The third-order valence-electron chi connectivity index (χ3n) is 2.07. The van der Waals surface area contributed by atoms with Crippen molar-refractivity contribution in [3.05, 3.63) is 24.3 Å². The van der Waals surface area contributed by atoms with Gasteiger partial charge in [-0.25, -0.2) is 9.78 Å². The van der Waals surface area contributed by atoms with Crippen molar-refractivity contribution >= 4 is 50.1 Å². The van der Waals surface area contributed by atoms with Gasteiger partial charge in [0.25, 0.3) is 0 Å². The Labute approximate surface area is 119 Å². The highest BCUT2D eigenvalue weighted by molar-refractivity contribution is 7.80. The zero-order valence-electron chi connectivity index (χ0n) is 10.1. The van der Waals surface area contributed by atoms with Crippen molar-refractivity contribution in [3.63, 3.8) is 0 Å². The molecule has 1 aromatic heterocycles. The van der Waals surface area contributed by atoms with Crippen LogP contribution in [0.5, 0.6) is 0 Å². The Bertz CT molecular complexity index is 566. The first kappa shape index (κ1) is 13.5. The second-order valence-corrected chi connectivity index (χ2v) is 4.85. The van der Waals surface area contributed by atoms with E-state index in [0.29, 0.717) is 11.7 Å². The van der Waals surface area contributed by atoms with Crippen molar-refractivity contribution in [2.24, 2.45) is 0 Å². The summed E-state index contributed by atoms with van der Waals surface area (Å²) >= 11 is 6.40. The SMILES string of the molecule is CCOC(=O)NC(=S)NNc1nc2ccccc2s1. The van der Waals surface area contributed by atoms with Crippen LogP contribution < -0.4 is 16.2 Å². The van der Waals surface area contributed by atoms with Crippen LogP contribution in [0.25, 0.3) is 10.2 Å². The third kappa shape index (κ3) is 3.76. The zero-order valence-corrected chi connectivity index (χ0v) is 11.7. The fourth-order valence-electron chi connectivity index (χ4n) is 1.33. The summed E-state index contributed by atoms with van der Waals surface area (Å²) in [7, 11) is 0. The van der Waals surface area contributed by atoms with Crippen LogP contribution in [0.2, 0.25) is 0 Å². The maximum atomic E-state index is 11.1. The molecule has 0 saturated heterocycles. The van der Waals surface area contributed by atoms with E-state index in [1.807, 2.05) is 24.3 Å². The molecule has 6 nitrogen and oxygen atoms in total. The number of nitrogens with one attached hydrogen (secondary N) is 3. The van der Waals surface area contributed by atoms with Crippen LogP contribution in [-0.4, -0.2) is 22.8 Å². The van der Waals surface area contributed by atoms with Gasteiger partial charge in [-0.2, -0.15) is 0 Å². The monoisotopic (exact) mass is 296 g/mol. The number of alkyl carbamates (subject to hydrolysis) is 1. The van der Waals surface area contributed by atoms with Gasteiger partial charge in [0.1, 0.15) is 0 Å². The van der Waals surface area contributed by atoms with E-state index in [9.17, 15) is 4.79 Å². The molecule has 0 saturated carbocycles. The van der Waals surface area contributed by atoms with E-state index in [2.05, 4.69) is 21.2 Å². The van der Waals surface area contributed by atoms with Gasteiger partial charge in [0, 0.05) is 0 Å². The number of anilines is 1. The van der Waals surface area contributed by atoms with E-state index in [0.717, 1.165) is 10.2 Å². The van der Waals surface area contributed by atoms with Gasteiger partial charge in [-0.15, -0.1) is 0 Å². The largest absolute Gasteiger partial charge is 0.450 e. The molecule has 100 valence electrons. The topological polar surface area (TPSA) is 75.3 Å². The summed E-state index contributed by atoms with van der Waals surface area (Å²) in [5.41, 5.74) is 6.40. The van der Waals surface area contributed by atoms with E-state index >= 15 is 0 Å². The number of nitrogens with zero attached hydrogens (tertiary/aromatic N) is 1. The van der Waals surface area contributed by atoms with Crippen LogP contribution in [-0.2, 0) is 4.74 Å². The molecule has 0 fully saturated rings. The molecule has 0 aliphatic rings. The lowest BCUT2D eigenvalue weighted by Crippen LogP contribution is -2.42. The van der Waals surface area contributed by atoms with E-state index in [-0.39, 0.29) is 5.11 Å². The minimum Gasteiger partial charge on any atom is -0.450 e. The van der Waals surface area contributed by atoms with Gasteiger partial charge in [0.05, 0.1) is 16.8 Å². The highest BCUT2D eigenvalue weighted by Gasteiger charge is 2.05. The lowest BCUT2D eigenvalue weighted by molar-refractivity contribution is 0.158. The minimum absolute atomic E-state index is 0.123. The molecular weight excluding hydrogens is 284 g/mol. The Hall–Kier alpha value is -1.93. The lowest BCUT2D eigenvalue weighted by Gasteiger charge is -2.08. The molecule has 3 N–H and O–H groups in total. The van der Waals surface area contributed by atoms with Crippen molar-refractivity contribution in [2.45, 2.75) is 6.92 Å². The van der Waals surface area contributed by atoms with Crippen LogP contribution in [0.4, 0.5) is 9.93 Å². The quantitative estimate of drug-likeness (QED) is 0.596. The van der Waals surface area contributed by atoms with Crippen molar-refractivity contribution in [2.75, 3.05) is 12.0 Å². The molecule has 0 aliphatic heterocycles. The molecule has 0 aliphatic carbocycles. The van der Waals surface area contributed by atoms with Crippen molar-refractivity contribution in [1.82, 2.24) is 15.7 Å². The molecule has 1 aromatic carbocycles. The van der Waals surface area contributed by atoms with Gasteiger partial charge in [0.2, 0.25) is 5.13 Å². The highest BCUT2D eigenvalue weighted by atomic mass is 32.1. The second-order valence-electron chi connectivity index (χ2n) is 3.41. The van der Waals surface area contributed by atoms with E-state index in [4.69, 9.17) is 17.0 Å². The molecule has 2 rings (SSSR count). The Morgan fingerprint density at radius 1 is 1.47 bits per heavy atom. The molecular formula is C11H12N4O2S2. The maximum Gasteiger partial charge on any atom is 0.413 e. The summed E-state index contributed by atoms with van der Waals surface area (Å²) in [6.07, 6.45) is -0.592. The van der Waals surface area contributed by atoms with Gasteiger partial charge in [-0.1, -0.05) is 23.5 Å². The van der Waals surface area contributed by atoms with Crippen LogP contribution in [0, 0.1) is 0 Å². The number of amides is 1. The second kappa shape index (κ2) is 6.30. The first-order valence-electron chi connectivity index (χ1n) is 5.54. The zero-order chi connectivity index (χ0) is 13.7. The molecule has 19 heavy (non-hydrogen) atoms. The average Bonchev–Trinajstić information content (AvgIpc) is 2.79. The van der Waals surface area contributed by atoms with Crippen LogP contribution in [0.1, 0.15) is 6.92 Å². The van der Waals surface area contributed by atoms with Gasteiger partial charge < -0.3 is 4.74 Å². The number of thiazole rings is 1. The Kier molecular flexibility index (Phi) is 4.48. The highest BCUT2D eigenvalue weighted by Crippen LogP contribution is 2.24. The van der Waals surface area contributed by atoms with Crippen molar-refractivity contribution in [1.29, 1.82) is 0 Å². The number of hydrogen-bond donors (Lipinski definition) is 3. The van der Waals surface area contributed by atoms with Gasteiger partial charge in [0.15, 0.2) is 5.11 Å². The normalized spacial score (nSPS) is 9.95. The molecule has 8 heteroatoms. The number of para-hydroxylation sites is 1. The molecule has 0 bridgehead atoms. The molecule has 0 atom stereocenters. The predicted molar refractivity (Wildman–Crippen MR) is 79.1 cm³/mol. The maximum absolute atomic E-state index is 11.1. The molecule has 2 aromatic rings. The van der Waals surface area contributed by atoms with Crippen molar-refractivity contribution in [3.8, 4) is 0 Å². The van der Waals surface area contributed by atoms with Gasteiger partial charge >= 0.3 is 6.09 Å². The number of ether oxygens (including phenoxy) is 1. The number of hydrazine groups is 1. The smallest absolute Gasteiger partial charge is 0.413 e. The van der Waals surface area contributed by atoms with Gasteiger partial charge in [-0.05, 0) is 31.3 Å². The predicted octanol–water partition coefficient (Wildman–Crippen LogP) is 2.24. The first-order valence-corrected chi connectivity index (χ1v) is 6.77. The van der Waals surface area contributed by atoms with E-state index in [1.165, 1.54) is 11.3 Å². The molecule has 1 heterocycles. The molecule has 0 unspecified atom stereocenters. The fourth-order valence-corrected chi connectivity index (χ4v) is 2.28. The Morgan fingerprint density at radius 2 is 2.26 bits per heavy atom. The van der Waals surface area contributed by atoms with Gasteiger partial charge in [-0.3, -0.25) is 16.2 Å². The van der Waals surface area contributed by atoms with Crippen LogP contribution >= 0.6 is 23.6 Å². The summed E-state index contributed by atoms with van der Waals surface area (Å²) in [4.78, 5) is 15.4. The standard InChI is InChI=1S/C11H12N4O2S2/c1-2-17-11(16)13-9(18)14-15-10-12-7-5-3-4-6-8(7)19-10/h3-6H,2H2,1H3,(H,12,15)(H2,13,14,16,18). The lowest BCUT2D eigenvalue weighted by atomic mass is 10.3. The molecule has 0 spiro atoms. The van der Waals surface area contributed by atoms with Crippen LogP contribution in [0.15, 0.2) is 24.3 Å². The summed E-state index contributed by atoms with van der Waals surface area (Å²) in [6, 6.07) is 7.77. The number of rotatable bonds is 3. The number of thiocarbonyl (C=S) groups is 1. The fraction of sp³-hybridized carbons (Fsp3) is 0.182. The number of carbonyl (C=O) groups excluding carboxylic acids is 1. The number of benzene rings is 1. The van der Waals surface area contributed by atoms with E-state index < -0.39 is 6.09 Å². The van der Waals surface area contributed by atoms with E-state index in [1.54, 1.807) is 6.92 Å². The van der Waals surface area contributed by atoms with Crippen molar-refractivity contribution < 1.29 is 9.53 Å². The van der Waals surface area contributed by atoms with Crippen LogP contribution in [0.3, 0.4) is 0 Å². The molecule has 0 radical (unpaired) electrons. The summed E-state index contributed by atoms with van der Waals surface area (Å²) in [6.45, 7) is 2.01. The summed E-state index contributed by atoms with van der Waals surface area (Å²) in [5.74, 6) is 0. The third-order valence-corrected chi connectivity index (χ3v) is 3.22. The minimum atomic E-state index is -0.592. The number of hydrogen-bond acceptors (Lipinski definition) is 6. The Balaban J connectivity index is 1.88. The molecule has 1 amide bonds. The number of fused-ring (bicyclic) bond motifs is 1. The Morgan fingerprint density at radius 3 is 3.00 bits per heavy atom. The number of carbonyl (C=O) groups is 1. The average molecular weight is 296 g/mol. The summed E-state index contributed by atoms with van der Waals surface area (Å²) < 4.78 is 5.76. The first-order chi connectivity index (χ1) is 9.19.